The number of ether oxygens (including phenoxy) is 1. The molecule has 17 heavy (non-hydrogen) atoms. The summed E-state index contributed by atoms with van der Waals surface area (Å²) in [6.45, 7) is 0.160. The normalized spacial score (nSPS) is 21.2. The van der Waals surface area contributed by atoms with Crippen LogP contribution in [0.25, 0.3) is 0 Å². The number of halogens is 3. The first kappa shape index (κ1) is 14.2. The van der Waals surface area contributed by atoms with Gasteiger partial charge in [-0.3, -0.25) is 4.79 Å². The molecular weight excluding hydrogens is 237 g/mol. The molecule has 0 aromatic carbocycles. The fraction of sp³-hybridized carbons (Fsp3) is 0.900. The first-order chi connectivity index (χ1) is 7.97. The van der Waals surface area contributed by atoms with Crippen LogP contribution in [0.5, 0.6) is 0 Å². The number of amides is 1. The zero-order valence-corrected chi connectivity index (χ0v) is 9.48. The Bertz CT molecular complexity index is 240. The lowest BCUT2D eigenvalue weighted by atomic mass is 10.1. The molecule has 0 aromatic rings. The Hall–Kier alpha value is -0.820. The van der Waals surface area contributed by atoms with Crippen LogP contribution in [-0.2, 0) is 9.53 Å². The molecule has 0 aromatic heterocycles. The van der Waals surface area contributed by atoms with Gasteiger partial charge in [-0.25, -0.2) is 0 Å². The topological polar surface area (TPSA) is 50.4 Å². The van der Waals surface area contributed by atoms with Crippen LogP contribution in [-0.4, -0.2) is 44.4 Å². The molecule has 100 valence electrons. The lowest BCUT2D eigenvalue weighted by Crippen LogP contribution is -2.45. The number of hydrogen-bond acceptors (Lipinski definition) is 3. The molecule has 1 rings (SSSR count). The Morgan fingerprint density at radius 1 is 1.47 bits per heavy atom. The lowest BCUT2D eigenvalue weighted by molar-refractivity contribution is -0.174. The van der Waals surface area contributed by atoms with Crippen molar-refractivity contribution in [1.29, 1.82) is 0 Å². The monoisotopic (exact) mass is 254 g/mol. The Labute approximate surface area is 97.9 Å². The van der Waals surface area contributed by atoms with Crippen LogP contribution in [0.2, 0.25) is 0 Å². The van der Waals surface area contributed by atoms with E-state index in [1.807, 2.05) is 0 Å². The van der Waals surface area contributed by atoms with E-state index in [1.165, 1.54) is 0 Å². The smallest absolute Gasteiger partial charge is 0.372 e. The number of carbonyl (C=O) groups excluding carboxylic acids is 1. The van der Waals surface area contributed by atoms with Gasteiger partial charge in [0.05, 0.1) is 6.61 Å². The average Bonchev–Trinajstić information content (AvgIpc) is 2.25. The summed E-state index contributed by atoms with van der Waals surface area (Å²) in [4.78, 5) is 11.3. The van der Waals surface area contributed by atoms with Gasteiger partial charge < -0.3 is 15.4 Å². The Kier molecular flexibility index (Phi) is 5.70. The minimum atomic E-state index is -4.33. The van der Waals surface area contributed by atoms with E-state index < -0.39 is 12.8 Å². The van der Waals surface area contributed by atoms with Crippen molar-refractivity contribution < 1.29 is 22.7 Å². The van der Waals surface area contributed by atoms with E-state index in [-0.39, 0.29) is 25.0 Å². The van der Waals surface area contributed by atoms with E-state index in [0.29, 0.717) is 0 Å². The van der Waals surface area contributed by atoms with Crippen molar-refractivity contribution in [2.75, 3.05) is 26.3 Å². The first-order valence-corrected chi connectivity index (χ1v) is 5.62. The van der Waals surface area contributed by atoms with Gasteiger partial charge in [0.2, 0.25) is 5.91 Å². The van der Waals surface area contributed by atoms with Crippen LogP contribution < -0.4 is 10.6 Å². The quantitative estimate of drug-likeness (QED) is 0.714. The minimum absolute atomic E-state index is 0.0351. The molecule has 1 aliphatic heterocycles. The molecule has 1 aliphatic rings. The Balaban J connectivity index is 2.04. The van der Waals surface area contributed by atoms with Crippen molar-refractivity contribution in [2.45, 2.75) is 31.5 Å². The third-order valence-corrected chi connectivity index (χ3v) is 2.40. The standard InChI is InChI=1S/C10H17F3N2O2/c11-10(12,13)7-17-5-3-9(16)15-8-2-1-4-14-6-8/h8,14H,1-7H2,(H,15,16)/t8-/m0/s1. The number of hydrogen-bond donors (Lipinski definition) is 2. The van der Waals surface area contributed by atoms with Crippen LogP contribution in [0.3, 0.4) is 0 Å². The van der Waals surface area contributed by atoms with Crippen molar-refractivity contribution >= 4 is 5.91 Å². The SMILES string of the molecule is O=C(CCOCC(F)(F)F)N[C@H]1CCCNC1. The molecule has 0 radical (unpaired) electrons. The summed E-state index contributed by atoms with van der Waals surface area (Å²) >= 11 is 0. The van der Waals surface area contributed by atoms with Crippen LogP contribution in [0, 0.1) is 0 Å². The number of rotatable bonds is 5. The summed E-state index contributed by atoms with van der Waals surface area (Å²) in [7, 11) is 0. The summed E-state index contributed by atoms with van der Waals surface area (Å²) in [6.07, 6.45) is -2.46. The molecule has 1 atom stereocenters. The molecule has 0 aliphatic carbocycles. The van der Waals surface area contributed by atoms with Gasteiger partial charge in [-0.15, -0.1) is 0 Å². The number of alkyl halides is 3. The third-order valence-electron chi connectivity index (χ3n) is 2.40. The zero-order valence-electron chi connectivity index (χ0n) is 9.48. The second-order valence-corrected chi connectivity index (χ2v) is 4.03. The number of piperidine rings is 1. The Morgan fingerprint density at radius 3 is 2.82 bits per heavy atom. The van der Waals surface area contributed by atoms with E-state index in [9.17, 15) is 18.0 Å². The van der Waals surface area contributed by atoms with Crippen LogP contribution in [0.15, 0.2) is 0 Å². The van der Waals surface area contributed by atoms with Gasteiger partial charge in [0, 0.05) is 19.0 Å². The molecule has 1 amide bonds. The predicted molar refractivity (Wildman–Crippen MR) is 55.5 cm³/mol. The highest BCUT2D eigenvalue weighted by atomic mass is 19.4. The van der Waals surface area contributed by atoms with E-state index in [0.717, 1.165) is 25.9 Å². The van der Waals surface area contributed by atoms with Gasteiger partial charge >= 0.3 is 6.18 Å². The maximum Gasteiger partial charge on any atom is 0.411 e. The van der Waals surface area contributed by atoms with E-state index >= 15 is 0 Å². The summed E-state index contributed by atoms with van der Waals surface area (Å²) < 4.78 is 39.5. The molecule has 4 nitrogen and oxygen atoms in total. The molecular formula is C10H17F3N2O2. The fourth-order valence-corrected chi connectivity index (χ4v) is 1.63. The van der Waals surface area contributed by atoms with Crippen LogP contribution >= 0.6 is 0 Å². The van der Waals surface area contributed by atoms with Gasteiger partial charge in [0.25, 0.3) is 0 Å². The Morgan fingerprint density at radius 2 is 2.24 bits per heavy atom. The molecule has 7 heteroatoms. The second kappa shape index (κ2) is 6.80. The second-order valence-electron chi connectivity index (χ2n) is 4.03. The molecule has 1 fully saturated rings. The minimum Gasteiger partial charge on any atom is -0.372 e. The predicted octanol–water partition coefficient (Wildman–Crippen LogP) is 0.824. The molecule has 0 unspecified atom stereocenters. The lowest BCUT2D eigenvalue weighted by Gasteiger charge is -2.23. The van der Waals surface area contributed by atoms with E-state index in [2.05, 4.69) is 15.4 Å². The van der Waals surface area contributed by atoms with Gasteiger partial charge in [0.15, 0.2) is 0 Å². The van der Waals surface area contributed by atoms with Gasteiger partial charge in [-0.1, -0.05) is 0 Å². The third kappa shape index (κ3) is 7.17. The largest absolute Gasteiger partial charge is 0.411 e. The summed E-state index contributed by atoms with van der Waals surface area (Å²) in [5, 5.41) is 5.89. The van der Waals surface area contributed by atoms with Crippen molar-refractivity contribution in [3.05, 3.63) is 0 Å². The van der Waals surface area contributed by atoms with Gasteiger partial charge in [0.1, 0.15) is 6.61 Å². The molecule has 0 bridgehead atoms. The van der Waals surface area contributed by atoms with Crippen molar-refractivity contribution in [2.24, 2.45) is 0 Å². The maximum atomic E-state index is 11.7. The van der Waals surface area contributed by atoms with Crippen molar-refractivity contribution in [1.82, 2.24) is 10.6 Å². The molecule has 1 saturated heterocycles. The van der Waals surface area contributed by atoms with Crippen LogP contribution in [0.4, 0.5) is 13.2 Å². The van der Waals surface area contributed by atoms with Crippen LogP contribution in [0.1, 0.15) is 19.3 Å². The van der Waals surface area contributed by atoms with E-state index in [4.69, 9.17) is 0 Å². The molecule has 2 N–H and O–H groups in total. The number of carbonyl (C=O) groups is 1. The molecule has 0 saturated carbocycles. The summed E-state index contributed by atoms with van der Waals surface area (Å²) in [5.41, 5.74) is 0. The summed E-state index contributed by atoms with van der Waals surface area (Å²) in [5.74, 6) is -0.263. The van der Waals surface area contributed by atoms with Crippen molar-refractivity contribution in [3.8, 4) is 0 Å². The number of nitrogens with one attached hydrogen (secondary N) is 2. The van der Waals surface area contributed by atoms with Gasteiger partial charge in [-0.05, 0) is 19.4 Å². The molecule has 0 spiro atoms. The fourth-order valence-electron chi connectivity index (χ4n) is 1.63. The van der Waals surface area contributed by atoms with Crippen molar-refractivity contribution in [3.63, 3.8) is 0 Å². The highest BCUT2D eigenvalue weighted by Gasteiger charge is 2.27. The average molecular weight is 254 g/mol. The zero-order chi connectivity index (χ0) is 12.7. The van der Waals surface area contributed by atoms with E-state index in [1.54, 1.807) is 0 Å². The van der Waals surface area contributed by atoms with Gasteiger partial charge in [-0.2, -0.15) is 13.2 Å². The summed E-state index contributed by atoms with van der Waals surface area (Å²) in [6, 6.07) is 0.0823. The first-order valence-electron chi connectivity index (χ1n) is 5.62. The maximum absolute atomic E-state index is 11.7. The highest BCUT2D eigenvalue weighted by molar-refractivity contribution is 5.76. The highest BCUT2D eigenvalue weighted by Crippen LogP contribution is 2.14. The molecule has 1 heterocycles.